The van der Waals surface area contributed by atoms with E-state index in [0.717, 1.165) is 12.3 Å². The van der Waals surface area contributed by atoms with E-state index in [-0.39, 0.29) is 0 Å². The Morgan fingerprint density at radius 3 is 2.36 bits per heavy atom. The van der Waals surface area contributed by atoms with Crippen molar-refractivity contribution in [2.75, 3.05) is 13.1 Å². The van der Waals surface area contributed by atoms with Crippen molar-refractivity contribution < 1.29 is 8.42 Å². The van der Waals surface area contributed by atoms with Gasteiger partial charge in [-0.15, -0.1) is 0 Å². The van der Waals surface area contributed by atoms with Gasteiger partial charge >= 0.3 is 0 Å². The van der Waals surface area contributed by atoms with Crippen LogP contribution in [0.3, 0.4) is 0 Å². The highest BCUT2D eigenvalue weighted by Gasteiger charge is 2.34. The minimum absolute atomic E-state index is 0.561. The Labute approximate surface area is 90.0 Å². The van der Waals surface area contributed by atoms with Gasteiger partial charge in [-0.25, -0.2) is 0 Å². The summed E-state index contributed by atoms with van der Waals surface area (Å²) in [4.78, 5) is 0. The Balaban J connectivity index is 2.03. The van der Waals surface area contributed by atoms with E-state index >= 15 is 0 Å². The molecule has 0 bridgehead atoms. The van der Waals surface area contributed by atoms with Crippen LogP contribution in [0.25, 0.3) is 0 Å². The lowest BCUT2D eigenvalue weighted by Gasteiger charge is -2.39. The van der Waals surface area contributed by atoms with Gasteiger partial charge in [0.05, 0.1) is 0 Å². The molecule has 0 N–H and O–H groups in total. The number of nitrogens with zero attached hydrogens (tertiary/aromatic N) is 1. The van der Waals surface area contributed by atoms with Gasteiger partial charge in [0, 0.05) is 23.8 Å². The third kappa shape index (κ3) is 2.23. The predicted octanol–water partition coefficient (Wildman–Crippen LogP) is 1.98. The van der Waals surface area contributed by atoms with E-state index in [2.05, 4.69) is 0 Å². The number of hydrogen-bond acceptors (Lipinski definition) is 2. The molecule has 0 unspecified atom stereocenters. The summed E-state index contributed by atoms with van der Waals surface area (Å²) in [6, 6.07) is 0. The van der Waals surface area contributed by atoms with Gasteiger partial charge in [-0.1, -0.05) is 19.3 Å². The summed E-state index contributed by atoms with van der Waals surface area (Å²) in [5.41, 5.74) is 0. The first-order chi connectivity index (χ1) is 6.57. The molecule has 0 radical (unpaired) electrons. The number of piperidine rings is 1. The van der Waals surface area contributed by atoms with E-state index in [1.807, 2.05) is 0 Å². The largest absolute Gasteiger partial charge is 0.299 e. The zero-order valence-corrected chi connectivity index (χ0v) is 9.73. The molecule has 0 amide bonds. The molecule has 0 aromatic rings. The highest BCUT2D eigenvalue weighted by molar-refractivity contribution is 8.11. The van der Waals surface area contributed by atoms with Gasteiger partial charge in [-0.3, -0.25) is 0 Å². The van der Waals surface area contributed by atoms with Crippen LogP contribution in [0.2, 0.25) is 0 Å². The van der Waals surface area contributed by atoms with Crippen LogP contribution in [-0.2, 0) is 9.24 Å². The summed E-state index contributed by atoms with van der Waals surface area (Å²) in [5.74, 6) is 1.31. The molecule has 1 saturated heterocycles. The highest BCUT2D eigenvalue weighted by Crippen LogP contribution is 2.37. The quantitative estimate of drug-likeness (QED) is 0.654. The Kier molecular flexibility index (Phi) is 3.05. The second kappa shape index (κ2) is 3.99. The van der Waals surface area contributed by atoms with Crippen LogP contribution in [0.1, 0.15) is 32.1 Å². The van der Waals surface area contributed by atoms with Crippen LogP contribution in [0.15, 0.2) is 0 Å². The van der Waals surface area contributed by atoms with Crippen molar-refractivity contribution in [1.29, 1.82) is 0 Å². The molecule has 2 aliphatic rings. The highest BCUT2D eigenvalue weighted by atomic mass is 35.7. The fraction of sp³-hybridized carbons (Fsp3) is 1.00. The Hall–Kier alpha value is 0.200. The van der Waals surface area contributed by atoms with E-state index in [9.17, 15) is 8.42 Å². The van der Waals surface area contributed by atoms with Crippen LogP contribution in [0.4, 0.5) is 0 Å². The first-order valence-corrected chi connectivity index (χ1v) is 7.54. The molecule has 1 saturated carbocycles. The van der Waals surface area contributed by atoms with Crippen molar-refractivity contribution in [1.82, 2.24) is 4.31 Å². The lowest BCUT2D eigenvalue weighted by molar-refractivity contribution is 0.138. The summed E-state index contributed by atoms with van der Waals surface area (Å²) in [5, 5.41) is 0. The van der Waals surface area contributed by atoms with Gasteiger partial charge in [0.25, 0.3) is 9.24 Å². The smallest absolute Gasteiger partial charge is 0.195 e. The van der Waals surface area contributed by atoms with Gasteiger partial charge < -0.3 is 0 Å². The number of rotatable bonds is 1. The monoisotopic (exact) mass is 237 g/mol. The second-order valence-corrected chi connectivity index (χ2v) is 6.90. The number of hydrogen-bond donors (Lipinski definition) is 0. The van der Waals surface area contributed by atoms with E-state index in [0.29, 0.717) is 19.0 Å². The average Bonchev–Trinajstić information content (AvgIpc) is 2.16. The molecule has 3 nitrogen and oxygen atoms in total. The minimum Gasteiger partial charge on any atom is -0.195 e. The standard InChI is InChI=1S/C9H16ClNO2S/c10-14(12,13)11-6-5-8-3-1-2-4-9(8)7-11/h8-9H,1-7H2/t8-,9+/m1/s1. The summed E-state index contributed by atoms with van der Waals surface area (Å²) < 4.78 is 23.7. The molecule has 1 aliphatic heterocycles. The van der Waals surface area contributed by atoms with Gasteiger partial charge in [-0.2, -0.15) is 12.7 Å². The first-order valence-electron chi connectivity index (χ1n) is 5.27. The maximum absolute atomic E-state index is 11.2. The molecule has 2 fully saturated rings. The molecular formula is C9H16ClNO2S. The van der Waals surface area contributed by atoms with Crippen molar-refractivity contribution in [2.45, 2.75) is 32.1 Å². The van der Waals surface area contributed by atoms with Crippen molar-refractivity contribution in [3.05, 3.63) is 0 Å². The van der Waals surface area contributed by atoms with Crippen LogP contribution < -0.4 is 0 Å². The topological polar surface area (TPSA) is 37.4 Å². The zero-order valence-electron chi connectivity index (χ0n) is 8.15. The lowest BCUT2D eigenvalue weighted by atomic mass is 9.76. The molecule has 0 aromatic heterocycles. The fourth-order valence-corrected chi connectivity index (χ4v) is 3.83. The van der Waals surface area contributed by atoms with Crippen molar-refractivity contribution >= 4 is 19.9 Å². The third-order valence-corrected chi connectivity index (χ3v) is 5.10. The number of halogens is 1. The zero-order chi connectivity index (χ0) is 10.2. The molecule has 2 atom stereocenters. The summed E-state index contributed by atoms with van der Waals surface area (Å²) in [6.07, 6.45) is 6.01. The molecular weight excluding hydrogens is 222 g/mol. The van der Waals surface area contributed by atoms with Gasteiger partial charge in [-0.05, 0) is 24.7 Å². The summed E-state index contributed by atoms with van der Waals surface area (Å²) in [6.45, 7) is 1.27. The van der Waals surface area contributed by atoms with Crippen LogP contribution in [-0.4, -0.2) is 25.8 Å². The maximum atomic E-state index is 11.2. The summed E-state index contributed by atoms with van der Waals surface area (Å²) >= 11 is 0. The molecule has 5 heteroatoms. The molecule has 1 heterocycles. The van der Waals surface area contributed by atoms with Crippen molar-refractivity contribution in [3.8, 4) is 0 Å². The fourth-order valence-electron chi connectivity index (χ4n) is 2.77. The van der Waals surface area contributed by atoms with Crippen molar-refractivity contribution in [3.63, 3.8) is 0 Å². The van der Waals surface area contributed by atoms with E-state index < -0.39 is 9.24 Å². The Morgan fingerprint density at radius 2 is 1.71 bits per heavy atom. The van der Waals surface area contributed by atoms with Gasteiger partial charge in [0.1, 0.15) is 0 Å². The molecule has 82 valence electrons. The first kappa shape index (κ1) is 10.7. The van der Waals surface area contributed by atoms with E-state index in [4.69, 9.17) is 10.7 Å². The van der Waals surface area contributed by atoms with Gasteiger partial charge in [0.2, 0.25) is 0 Å². The lowest BCUT2D eigenvalue weighted by Crippen LogP contribution is -2.43. The minimum atomic E-state index is -3.47. The van der Waals surface area contributed by atoms with Crippen molar-refractivity contribution in [2.24, 2.45) is 11.8 Å². The number of fused-ring (bicyclic) bond motifs is 1. The Bertz CT molecular complexity index is 304. The van der Waals surface area contributed by atoms with E-state index in [1.54, 1.807) is 0 Å². The SMILES string of the molecule is O=S(=O)(Cl)N1CC[C@H]2CCCC[C@H]2C1. The van der Waals surface area contributed by atoms with Crippen LogP contribution in [0, 0.1) is 11.8 Å². The maximum Gasteiger partial charge on any atom is 0.299 e. The normalized spacial score (nSPS) is 35.2. The molecule has 0 aromatic carbocycles. The second-order valence-electron chi connectivity index (χ2n) is 4.39. The van der Waals surface area contributed by atoms with Gasteiger partial charge in [0.15, 0.2) is 0 Å². The predicted molar refractivity (Wildman–Crippen MR) is 56.4 cm³/mol. The average molecular weight is 238 g/mol. The van der Waals surface area contributed by atoms with Crippen LogP contribution in [0.5, 0.6) is 0 Å². The Morgan fingerprint density at radius 1 is 1.07 bits per heavy atom. The summed E-state index contributed by atoms with van der Waals surface area (Å²) in [7, 11) is 1.87. The van der Waals surface area contributed by atoms with E-state index in [1.165, 1.54) is 30.0 Å². The van der Waals surface area contributed by atoms with Crippen LogP contribution >= 0.6 is 10.7 Å². The molecule has 2 rings (SSSR count). The molecule has 0 spiro atoms. The third-order valence-electron chi connectivity index (χ3n) is 3.56. The molecule has 14 heavy (non-hydrogen) atoms. The molecule has 1 aliphatic carbocycles.